The lowest BCUT2D eigenvalue weighted by atomic mass is 9.92. The van der Waals surface area contributed by atoms with E-state index in [0.29, 0.717) is 5.92 Å². The largest absolute Gasteiger partial charge is 0.355 e. The van der Waals surface area contributed by atoms with Gasteiger partial charge in [-0.05, 0) is 57.3 Å². The van der Waals surface area contributed by atoms with Crippen molar-refractivity contribution in [1.29, 1.82) is 0 Å². The quantitative estimate of drug-likeness (QED) is 0.878. The molecular weight excluding hydrogens is 340 g/mol. The molecule has 7 nitrogen and oxygen atoms in total. The van der Waals surface area contributed by atoms with E-state index < -0.39 is 0 Å². The maximum absolute atomic E-state index is 12.3. The molecule has 0 radical (unpaired) electrons. The summed E-state index contributed by atoms with van der Waals surface area (Å²) in [4.78, 5) is 14.7. The summed E-state index contributed by atoms with van der Waals surface area (Å²) in [5.74, 6) is 1.50. The molecule has 0 spiro atoms. The van der Waals surface area contributed by atoms with Crippen LogP contribution in [-0.4, -0.2) is 56.3 Å². The number of piperidine rings is 1. The molecule has 4 heterocycles. The topological polar surface area (TPSA) is 75.4 Å². The van der Waals surface area contributed by atoms with Crippen molar-refractivity contribution < 1.29 is 4.79 Å². The number of fused-ring (bicyclic) bond motifs is 1. The third kappa shape index (κ3) is 3.70. The Bertz CT molecular complexity index is 815. The Morgan fingerprint density at radius 2 is 1.85 bits per heavy atom. The molecule has 2 aromatic rings. The van der Waals surface area contributed by atoms with Gasteiger partial charge in [-0.15, -0.1) is 10.2 Å². The van der Waals surface area contributed by atoms with Gasteiger partial charge in [0.2, 0.25) is 5.91 Å². The van der Waals surface area contributed by atoms with Crippen LogP contribution in [-0.2, 0) is 10.2 Å². The van der Waals surface area contributed by atoms with Gasteiger partial charge in [0, 0.05) is 17.9 Å². The summed E-state index contributed by atoms with van der Waals surface area (Å²) < 4.78 is 1.93. The highest BCUT2D eigenvalue weighted by molar-refractivity contribution is 5.81. The van der Waals surface area contributed by atoms with Crippen LogP contribution in [0.4, 0.5) is 0 Å². The van der Waals surface area contributed by atoms with Crippen LogP contribution in [0, 0.1) is 0 Å². The molecule has 27 heavy (non-hydrogen) atoms. The molecular formula is C20H30N6O. The molecule has 2 aromatic heterocycles. The second-order valence-electron chi connectivity index (χ2n) is 8.91. The molecule has 1 amide bonds. The Morgan fingerprint density at radius 3 is 2.59 bits per heavy atom. The van der Waals surface area contributed by atoms with Crippen LogP contribution in [0.3, 0.4) is 0 Å². The molecule has 1 unspecified atom stereocenters. The first kappa shape index (κ1) is 18.3. The van der Waals surface area contributed by atoms with Gasteiger partial charge in [0.05, 0.1) is 11.7 Å². The van der Waals surface area contributed by atoms with Gasteiger partial charge in [0.25, 0.3) is 0 Å². The lowest BCUT2D eigenvalue weighted by molar-refractivity contribution is -0.126. The van der Waals surface area contributed by atoms with Crippen molar-refractivity contribution in [3.8, 4) is 0 Å². The molecule has 2 fully saturated rings. The summed E-state index contributed by atoms with van der Waals surface area (Å²) in [6, 6.07) is 4.09. The molecule has 146 valence electrons. The summed E-state index contributed by atoms with van der Waals surface area (Å²) in [7, 11) is 0. The highest BCUT2D eigenvalue weighted by atomic mass is 16.2. The van der Waals surface area contributed by atoms with Crippen LogP contribution in [0.15, 0.2) is 12.1 Å². The molecule has 2 saturated heterocycles. The predicted molar refractivity (Wildman–Crippen MR) is 104 cm³/mol. The number of carbonyl (C=O) groups is 1. The van der Waals surface area contributed by atoms with Crippen molar-refractivity contribution in [1.82, 2.24) is 30.0 Å². The summed E-state index contributed by atoms with van der Waals surface area (Å²) in [5, 5.41) is 16.7. The Kier molecular flexibility index (Phi) is 4.88. The second kappa shape index (κ2) is 7.19. The number of carbonyl (C=O) groups excluding carboxylic acids is 1. The SMILES string of the molecule is CC(C)(C)c1ccc2nnc(C3CCN(C4CCCCNC4=O)CC3)n2n1. The van der Waals surface area contributed by atoms with Crippen LogP contribution in [0.1, 0.15) is 70.3 Å². The molecule has 2 aliphatic heterocycles. The van der Waals surface area contributed by atoms with Gasteiger partial charge in [0.1, 0.15) is 0 Å². The fourth-order valence-corrected chi connectivity index (χ4v) is 4.20. The van der Waals surface area contributed by atoms with Crippen LogP contribution in [0.25, 0.3) is 5.65 Å². The van der Waals surface area contributed by atoms with Gasteiger partial charge in [-0.3, -0.25) is 9.69 Å². The molecule has 0 aromatic carbocycles. The zero-order valence-corrected chi connectivity index (χ0v) is 16.6. The van der Waals surface area contributed by atoms with E-state index in [-0.39, 0.29) is 17.4 Å². The minimum Gasteiger partial charge on any atom is -0.355 e. The highest BCUT2D eigenvalue weighted by Crippen LogP contribution is 2.29. The number of likely N-dealkylation sites (tertiary alicyclic amines) is 1. The Hall–Kier alpha value is -2.02. The molecule has 4 rings (SSSR count). The third-order valence-corrected chi connectivity index (χ3v) is 5.90. The average molecular weight is 371 g/mol. The van der Waals surface area contributed by atoms with Gasteiger partial charge in [-0.2, -0.15) is 9.61 Å². The summed E-state index contributed by atoms with van der Waals surface area (Å²) in [5.41, 5.74) is 1.85. The van der Waals surface area contributed by atoms with Crippen molar-refractivity contribution in [2.75, 3.05) is 19.6 Å². The van der Waals surface area contributed by atoms with Crippen molar-refractivity contribution in [2.45, 2.75) is 70.3 Å². The van der Waals surface area contributed by atoms with Crippen LogP contribution < -0.4 is 5.32 Å². The monoisotopic (exact) mass is 370 g/mol. The fourth-order valence-electron chi connectivity index (χ4n) is 4.20. The number of nitrogens with zero attached hydrogens (tertiary/aromatic N) is 5. The summed E-state index contributed by atoms with van der Waals surface area (Å²) in [6.07, 6.45) is 5.17. The Labute approximate surface area is 160 Å². The number of hydrogen-bond donors (Lipinski definition) is 1. The van der Waals surface area contributed by atoms with Crippen molar-refractivity contribution >= 4 is 11.6 Å². The van der Waals surface area contributed by atoms with Crippen molar-refractivity contribution in [3.05, 3.63) is 23.7 Å². The maximum atomic E-state index is 12.3. The molecule has 0 saturated carbocycles. The van der Waals surface area contributed by atoms with E-state index in [9.17, 15) is 4.79 Å². The first-order chi connectivity index (χ1) is 12.9. The first-order valence-corrected chi connectivity index (χ1v) is 10.2. The number of amides is 1. The zero-order valence-electron chi connectivity index (χ0n) is 16.6. The van der Waals surface area contributed by atoms with E-state index in [2.05, 4.69) is 41.2 Å². The number of rotatable bonds is 2. The third-order valence-electron chi connectivity index (χ3n) is 5.90. The van der Waals surface area contributed by atoms with Gasteiger partial charge < -0.3 is 5.32 Å². The summed E-state index contributed by atoms with van der Waals surface area (Å²) >= 11 is 0. The Balaban J connectivity index is 1.50. The zero-order chi connectivity index (χ0) is 19.0. The number of aromatic nitrogens is 4. The van der Waals surface area contributed by atoms with Gasteiger partial charge >= 0.3 is 0 Å². The molecule has 7 heteroatoms. The lowest BCUT2D eigenvalue weighted by Gasteiger charge is -2.35. The minimum atomic E-state index is -0.00799. The number of hydrogen-bond acceptors (Lipinski definition) is 5. The first-order valence-electron chi connectivity index (χ1n) is 10.2. The predicted octanol–water partition coefficient (Wildman–Crippen LogP) is 2.27. The lowest BCUT2D eigenvalue weighted by Crippen LogP contribution is -2.48. The number of nitrogens with one attached hydrogen (secondary N) is 1. The van der Waals surface area contributed by atoms with E-state index in [0.717, 1.165) is 68.9 Å². The van der Waals surface area contributed by atoms with Crippen molar-refractivity contribution in [3.63, 3.8) is 0 Å². The van der Waals surface area contributed by atoms with Crippen LogP contribution in [0.5, 0.6) is 0 Å². The average Bonchev–Trinajstić information content (AvgIpc) is 2.95. The van der Waals surface area contributed by atoms with E-state index in [1.165, 1.54) is 0 Å². The van der Waals surface area contributed by atoms with Gasteiger partial charge in [-0.25, -0.2) is 0 Å². The van der Waals surface area contributed by atoms with Crippen molar-refractivity contribution in [2.24, 2.45) is 0 Å². The van der Waals surface area contributed by atoms with E-state index in [1.54, 1.807) is 0 Å². The molecule has 2 aliphatic rings. The fraction of sp³-hybridized carbons (Fsp3) is 0.700. The van der Waals surface area contributed by atoms with E-state index in [1.807, 2.05) is 16.6 Å². The second-order valence-corrected chi connectivity index (χ2v) is 8.91. The van der Waals surface area contributed by atoms with Crippen LogP contribution >= 0.6 is 0 Å². The maximum Gasteiger partial charge on any atom is 0.237 e. The van der Waals surface area contributed by atoms with Gasteiger partial charge in [-0.1, -0.05) is 20.8 Å². The highest BCUT2D eigenvalue weighted by Gasteiger charge is 2.32. The minimum absolute atomic E-state index is 0.00799. The van der Waals surface area contributed by atoms with Gasteiger partial charge in [0.15, 0.2) is 11.5 Å². The van der Waals surface area contributed by atoms with E-state index in [4.69, 9.17) is 5.10 Å². The molecule has 1 N–H and O–H groups in total. The van der Waals surface area contributed by atoms with E-state index >= 15 is 0 Å². The standard InChI is InChI=1S/C20H30N6O/c1-20(2,3)16-7-8-17-22-23-18(26(17)24-16)14-9-12-25(13-10-14)15-6-4-5-11-21-19(15)27/h7-8,14-15H,4-6,9-13H2,1-3H3,(H,21,27). The molecule has 0 bridgehead atoms. The van der Waals surface area contributed by atoms with Crippen LogP contribution in [0.2, 0.25) is 0 Å². The normalized spacial score (nSPS) is 23.4. The molecule has 0 aliphatic carbocycles. The Morgan fingerprint density at radius 1 is 1.07 bits per heavy atom. The molecule has 1 atom stereocenters. The summed E-state index contributed by atoms with van der Waals surface area (Å²) in [6.45, 7) is 9.18. The smallest absolute Gasteiger partial charge is 0.237 e.